The van der Waals surface area contributed by atoms with Gasteiger partial charge in [-0.1, -0.05) is 18.2 Å². The normalized spacial score (nSPS) is 12.7. The number of aromatic nitrogens is 2. The van der Waals surface area contributed by atoms with Crippen molar-refractivity contribution in [1.29, 1.82) is 0 Å². The van der Waals surface area contributed by atoms with Gasteiger partial charge >= 0.3 is 0 Å². The molecule has 0 bridgehead atoms. The average molecular weight is 251 g/mol. The maximum atomic E-state index is 5.99. The van der Waals surface area contributed by atoms with E-state index in [1.165, 1.54) is 10.9 Å². The lowest BCUT2D eigenvalue weighted by Gasteiger charge is -2.13. The lowest BCUT2D eigenvalue weighted by Crippen LogP contribution is -2.12. The van der Waals surface area contributed by atoms with Gasteiger partial charge in [0.1, 0.15) is 0 Å². The van der Waals surface area contributed by atoms with Gasteiger partial charge in [0, 0.05) is 36.1 Å². The first-order chi connectivity index (χ1) is 9.25. The van der Waals surface area contributed by atoms with Gasteiger partial charge in [0.05, 0.1) is 5.52 Å². The molecule has 2 heterocycles. The Kier molecular flexibility index (Phi) is 3.05. The minimum Gasteiger partial charge on any atom is -0.346 e. The molecule has 3 rings (SSSR count). The summed E-state index contributed by atoms with van der Waals surface area (Å²) in [7, 11) is 0. The largest absolute Gasteiger partial charge is 0.346 e. The minimum atomic E-state index is 0.0445. The molecule has 0 radical (unpaired) electrons. The Bertz CT molecular complexity index is 693. The van der Waals surface area contributed by atoms with Gasteiger partial charge in [-0.05, 0) is 36.8 Å². The third kappa shape index (κ3) is 2.25. The summed E-state index contributed by atoms with van der Waals surface area (Å²) in [6.45, 7) is 2.84. The van der Waals surface area contributed by atoms with Crippen LogP contribution in [0.1, 0.15) is 24.2 Å². The zero-order valence-corrected chi connectivity index (χ0v) is 11.0. The van der Waals surface area contributed by atoms with Crippen molar-refractivity contribution in [1.82, 2.24) is 9.55 Å². The number of nitrogens with two attached hydrogens (primary N) is 1. The Morgan fingerprint density at radius 2 is 2.00 bits per heavy atom. The van der Waals surface area contributed by atoms with E-state index in [1.54, 1.807) is 0 Å². The average Bonchev–Trinajstić information content (AvgIpc) is 2.87. The summed E-state index contributed by atoms with van der Waals surface area (Å²) < 4.78 is 2.20. The fourth-order valence-corrected chi connectivity index (χ4v) is 2.46. The molecule has 3 nitrogen and oxygen atoms in total. The molecule has 0 aliphatic carbocycles. The molecule has 3 heteroatoms. The van der Waals surface area contributed by atoms with Gasteiger partial charge in [0.25, 0.3) is 0 Å². The van der Waals surface area contributed by atoms with E-state index in [9.17, 15) is 0 Å². The number of benzene rings is 1. The summed E-state index contributed by atoms with van der Waals surface area (Å²) in [6, 6.07) is 14.5. The van der Waals surface area contributed by atoms with Crippen LogP contribution in [0.5, 0.6) is 0 Å². The van der Waals surface area contributed by atoms with E-state index in [0.717, 1.165) is 17.8 Å². The summed E-state index contributed by atoms with van der Waals surface area (Å²) in [5.74, 6) is 0. The maximum Gasteiger partial charge on any atom is 0.0705 e. The number of para-hydroxylation sites is 1. The molecule has 0 saturated carbocycles. The first kappa shape index (κ1) is 11.9. The number of hydrogen-bond donors (Lipinski definition) is 1. The second-order valence-electron chi connectivity index (χ2n) is 4.84. The molecular weight excluding hydrogens is 234 g/mol. The molecule has 0 fully saturated rings. The standard InChI is InChI=1S/C16H17N3/c1-12(17)16-7-4-10-19(16)11-13-8-9-18-15-6-3-2-5-14(13)15/h2-10,12H,11,17H2,1H3. The first-order valence-electron chi connectivity index (χ1n) is 6.49. The van der Waals surface area contributed by atoms with E-state index in [1.807, 2.05) is 31.3 Å². The SMILES string of the molecule is CC(N)c1cccn1Cc1ccnc2ccccc12. The first-order valence-corrected chi connectivity index (χ1v) is 6.49. The van der Waals surface area contributed by atoms with Gasteiger partial charge < -0.3 is 10.3 Å². The van der Waals surface area contributed by atoms with Crippen molar-refractivity contribution in [2.45, 2.75) is 19.5 Å². The van der Waals surface area contributed by atoms with Gasteiger partial charge in [0.15, 0.2) is 0 Å². The number of nitrogens with zero attached hydrogens (tertiary/aromatic N) is 2. The predicted molar refractivity (Wildman–Crippen MR) is 77.9 cm³/mol. The Labute approximate surface area is 112 Å². The molecule has 0 aliphatic rings. The van der Waals surface area contributed by atoms with Crippen LogP contribution in [0.2, 0.25) is 0 Å². The zero-order valence-electron chi connectivity index (χ0n) is 11.0. The van der Waals surface area contributed by atoms with Crippen molar-refractivity contribution in [3.8, 4) is 0 Å². The smallest absolute Gasteiger partial charge is 0.0705 e. The number of rotatable bonds is 3. The fraction of sp³-hybridized carbons (Fsp3) is 0.188. The summed E-state index contributed by atoms with van der Waals surface area (Å²) in [5.41, 5.74) is 9.45. The summed E-state index contributed by atoms with van der Waals surface area (Å²) in [6.07, 6.45) is 3.95. The number of pyridine rings is 1. The topological polar surface area (TPSA) is 43.8 Å². The second kappa shape index (κ2) is 4.86. The van der Waals surface area contributed by atoms with E-state index < -0.39 is 0 Å². The van der Waals surface area contributed by atoms with Crippen molar-refractivity contribution in [3.05, 3.63) is 66.1 Å². The van der Waals surface area contributed by atoms with E-state index in [-0.39, 0.29) is 6.04 Å². The molecule has 19 heavy (non-hydrogen) atoms. The highest BCUT2D eigenvalue weighted by atomic mass is 15.0. The lowest BCUT2D eigenvalue weighted by molar-refractivity contribution is 0.677. The van der Waals surface area contributed by atoms with Crippen molar-refractivity contribution < 1.29 is 0 Å². The minimum absolute atomic E-state index is 0.0445. The van der Waals surface area contributed by atoms with Gasteiger partial charge in [-0.2, -0.15) is 0 Å². The highest BCUT2D eigenvalue weighted by Gasteiger charge is 2.07. The molecule has 0 saturated heterocycles. The van der Waals surface area contributed by atoms with Crippen LogP contribution >= 0.6 is 0 Å². The highest BCUT2D eigenvalue weighted by molar-refractivity contribution is 5.81. The van der Waals surface area contributed by atoms with Crippen LogP contribution < -0.4 is 5.73 Å². The number of hydrogen-bond acceptors (Lipinski definition) is 2. The van der Waals surface area contributed by atoms with Gasteiger partial charge in [0.2, 0.25) is 0 Å². The Hall–Kier alpha value is -2.13. The molecule has 2 N–H and O–H groups in total. The summed E-state index contributed by atoms with van der Waals surface area (Å²) >= 11 is 0. The van der Waals surface area contributed by atoms with Gasteiger partial charge in [-0.25, -0.2) is 0 Å². The van der Waals surface area contributed by atoms with E-state index in [4.69, 9.17) is 5.73 Å². The summed E-state index contributed by atoms with van der Waals surface area (Å²) in [4.78, 5) is 4.39. The van der Waals surface area contributed by atoms with E-state index >= 15 is 0 Å². The summed E-state index contributed by atoms with van der Waals surface area (Å²) in [5, 5.41) is 1.20. The zero-order chi connectivity index (χ0) is 13.2. The van der Waals surface area contributed by atoms with Crippen molar-refractivity contribution in [2.24, 2.45) is 5.73 Å². The van der Waals surface area contributed by atoms with Crippen LogP contribution in [0.4, 0.5) is 0 Å². The van der Waals surface area contributed by atoms with Crippen LogP contribution in [-0.4, -0.2) is 9.55 Å². The molecule has 0 amide bonds. The third-order valence-electron chi connectivity index (χ3n) is 3.41. The Morgan fingerprint density at radius 3 is 2.84 bits per heavy atom. The predicted octanol–water partition coefficient (Wildman–Crippen LogP) is 3.10. The maximum absolute atomic E-state index is 5.99. The van der Waals surface area contributed by atoms with Crippen LogP contribution in [-0.2, 0) is 6.54 Å². The van der Waals surface area contributed by atoms with Crippen molar-refractivity contribution in [3.63, 3.8) is 0 Å². The second-order valence-corrected chi connectivity index (χ2v) is 4.84. The van der Waals surface area contributed by atoms with Crippen LogP contribution in [0.25, 0.3) is 10.9 Å². The molecule has 0 spiro atoms. The van der Waals surface area contributed by atoms with E-state index in [2.05, 4.69) is 40.0 Å². The molecule has 2 aromatic heterocycles. The van der Waals surface area contributed by atoms with Crippen molar-refractivity contribution in [2.75, 3.05) is 0 Å². The quantitative estimate of drug-likeness (QED) is 0.777. The highest BCUT2D eigenvalue weighted by Crippen LogP contribution is 2.19. The van der Waals surface area contributed by atoms with Gasteiger partial charge in [-0.15, -0.1) is 0 Å². The van der Waals surface area contributed by atoms with E-state index in [0.29, 0.717) is 0 Å². The molecular formula is C16H17N3. The molecule has 1 aromatic carbocycles. The molecule has 96 valence electrons. The molecule has 1 unspecified atom stereocenters. The lowest BCUT2D eigenvalue weighted by atomic mass is 10.1. The van der Waals surface area contributed by atoms with Gasteiger partial charge in [-0.3, -0.25) is 4.98 Å². The fourth-order valence-electron chi connectivity index (χ4n) is 2.46. The monoisotopic (exact) mass is 251 g/mol. The van der Waals surface area contributed by atoms with Crippen LogP contribution in [0, 0.1) is 0 Å². The molecule has 0 aliphatic heterocycles. The molecule has 1 atom stereocenters. The Balaban J connectivity index is 2.04. The number of fused-ring (bicyclic) bond motifs is 1. The third-order valence-corrected chi connectivity index (χ3v) is 3.41. The Morgan fingerprint density at radius 1 is 1.16 bits per heavy atom. The van der Waals surface area contributed by atoms with Crippen LogP contribution in [0.15, 0.2) is 54.9 Å². The molecule has 3 aromatic rings. The van der Waals surface area contributed by atoms with Crippen LogP contribution in [0.3, 0.4) is 0 Å². The van der Waals surface area contributed by atoms with Crippen molar-refractivity contribution >= 4 is 10.9 Å².